The minimum absolute atomic E-state index is 0.149. The molecule has 2 aliphatic heterocycles. The van der Waals surface area contributed by atoms with Crippen molar-refractivity contribution >= 4 is 22.8 Å². The Morgan fingerprint density at radius 3 is 2.88 bits per heavy atom. The molecule has 2 bridgehead atoms. The summed E-state index contributed by atoms with van der Waals surface area (Å²) < 4.78 is 5.04. The van der Waals surface area contributed by atoms with Gasteiger partial charge in [0.1, 0.15) is 0 Å². The summed E-state index contributed by atoms with van der Waals surface area (Å²) in [5, 5.41) is 3.94. The predicted octanol–water partition coefficient (Wildman–Crippen LogP) is 2.27. The molecular formula is C18H29N3O2S. The molecule has 0 aromatic rings. The van der Waals surface area contributed by atoms with Crippen molar-refractivity contribution in [2.75, 3.05) is 32.8 Å². The number of fused-ring (bicyclic) bond motifs is 2. The van der Waals surface area contributed by atoms with Crippen molar-refractivity contribution < 1.29 is 9.53 Å². The number of hydrogen-bond acceptors (Lipinski definition) is 5. The number of thioether (sulfide) groups is 1. The monoisotopic (exact) mass is 351 g/mol. The van der Waals surface area contributed by atoms with Crippen LogP contribution >= 0.6 is 11.8 Å². The van der Waals surface area contributed by atoms with E-state index in [2.05, 4.69) is 17.1 Å². The molecule has 0 aromatic carbocycles. The van der Waals surface area contributed by atoms with Crippen LogP contribution in [0.25, 0.3) is 0 Å². The van der Waals surface area contributed by atoms with Gasteiger partial charge in [-0.05, 0) is 57.4 Å². The SMILES string of the molecule is CC1(CCCN2CCOCC2)SC(=NC2CC3CCC2C3)NC1=O. The minimum Gasteiger partial charge on any atom is -0.379 e. The Bertz CT molecular complexity index is 520. The lowest BCUT2D eigenvalue weighted by Crippen LogP contribution is -2.38. The molecule has 4 aliphatic rings. The highest BCUT2D eigenvalue weighted by atomic mass is 32.2. The lowest BCUT2D eigenvalue weighted by molar-refractivity contribution is -0.121. The van der Waals surface area contributed by atoms with Gasteiger partial charge in [0.15, 0.2) is 5.17 Å². The second-order valence-corrected chi connectivity index (χ2v) is 9.51. The second-order valence-electron chi connectivity index (χ2n) is 8.02. The van der Waals surface area contributed by atoms with Crippen molar-refractivity contribution in [3.63, 3.8) is 0 Å². The van der Waals surface area contributed by atoms with E-state index < -0.39 is 0 Å². The van der Waals surface area contributed by atoms with Gasteiger partial charge in [0.25, 0.3) is 0 Å². The zero-order chi connectivity index (χ0) is 16.6. The molecule has 5 nitrogen and oxygen atoms in total. The molecule has 4 atom stereocenters. The number of hydrogen-bond donors (Lipinski definition) is 1. The van der Waals surface area contributed by atoms with Crippen molar-refractivity contribution in [1.82, 2.24) is 10.2 Å². The summed E-state index contributed by atoms with van der Waals surface area (Å²) in [6.45, 7) is 6.86. The minimum atomic E-state index is -0.345. The van der Waals surface area contributed by atoms with Crippen LogP contribution in [0.5, 0.6) is 0 Å². The lowest BCUT2D eigenvalue weighted by atomic mass is 9.96. The quantitative estimate of drug-likeness (QED) is 0.825. The standard InChI is InChI=1S/C18H29N3O2S/c1-18(5-2-6-21-7-9-23-10-8-21)16(22)20-17(24-18)19-15-12-13-3-4-14(15)11-13/h13-15H,2-12H2,1H3,(H,19,20,22). The number of morpholine rings is 1. The Morgan fingerprint density at radius 2 is 2.17 bits per heavy atom. The van der Waals surface area contributed by atoms with E-state index in [1.54, 1.807) is 11.8 Å². The number of carbonyl (C=O) groups is 1. The van der Waals surface area contributed by atoms with E-state index in [4.69, 9.17) is 9.73 Å². The number of amides is 1. The van der Waals surface area contributed by atoms with E-state index >= 15 is 0 Å². The van der Waals surface area contributed by atoms with Crippen molar-refractivity contribution in [3.8, 4) is 0 Å². The fraction of sp³-hybridized carbons (Fsp3) is 0.889. The van der Waals surface area contributed by atoms with E-state index in [0.717, 1.165) is 62.7 Å². The van der Waals surface area contributed by atoms with Crippen LogP contribution in [-0.4, -0.2) is 59.6 Å². The maximum Gasteiger partial charge on any atom is 0.242 e. The molecule has 2 saturated carbocycles. The highest BCUT2D eigenvalue weighted by Gasteiger charge is 2.44. The van der Waals surface area contributed by atoms with Crippen LogP contribution in [-0.2, 0) is 9.53 Å². The first-order valence-electron chi connectivity index (χ1n) is 9.51. The van der Waals surface area contributed by atoms with Crippen LogP contribution in [0.15, 0.2) is 4.99 Å². The van der Waals surface area contributed by atoms with Crippen LogP contribution in [0.1, 0.15) is 45.4 Å². The van der Waals surface area contributed by atoms with E-state index in [0.29, 0.717) is 6.04 Å². The molecule has 2 heterocycles. The van der Waals surface area contributed by atoms with Crippen LogP contribution in [0.3, 0.4) is 0 Å². The number of amidine groups is 1. The summed E-state index contributed by atoms with van der Waals surface area (Å²) in [5.74, 6) is 1.82. The Morgan fingerprint density at radius 1 is 1.33 bits per heavy atom. The number of carbonyl (C=O) groups excluding carboxylic acids is 1. The van der Waals surface area contributed by atoms with Gasteiger partial charge in [-0.2, -0.15) is 0 Å². The van der Waals surface area contributed by atoms with Gasteiger partial charge in [-0.3, -0.25) is 14.7 Å². The second kappa shape index (κ2) is 6.96. The van der Waals surface area contributed by atoms with Gasteiger partial charge in [0.05, 0.1) is 24.0 Å². The first kappa shape index (κ1) is 16.9. The van der Waals surface area contributed by atoms with Crippen LogP contribution in [0.2, 0.25) is 0 Å². The normalized spacial score (nSPS) is 41.3. The third-order valence-electron chi connectivity index (χ3n) is 6.24. The molecule has 0 aromatic heterocycles. The summed E-state index contributed by atoms with van der Waals surface area (Å²) >= 11 is 1.67. The first-order valence-corrected chi connectivity index (χ1v) is 10.3. The van der Waals surface area contributed by atoms with Crippen LogP contribution < -0.4 is 5.32 Å². The average Bonchev–Trinajstić information content (AvgIpc) is 3.24. The van der Waals surface area contributed by atoms with Crippen molar-refractivity contribution in [2.24, 2.45) is 16.8 Å². The summed E-state index contributed by atoms with van der Waals surface area (Å²) in [5.41, 5.74) is 0. The summed E-state index contributed by atoms with van der Waals surface area (Å²) in [6, 6.07) is 0.460. The van der Waals surface area contributed by atoms with Gasteiger partial charge in [0, 0.05) is 13.1 Å². The van der Waals surface area contributed by atoms with Gasteiger partial charge in [0.2, 0.25) is 5.91 Å². The van der Waals surface area contributed by atoms with Gasteiger partial charge in [-0.25, -0.2) is 0 Å². The van der Waals surface area contributed by atoms with Gasteiger partial charge < -0.3 is 10.1 Å². The average molecular weight is 352 g/mol. The third-order valence-corrected chi connectivity index (χ3v) is 7.48. The van der Waals surface area contributed by atoms with E-state index in [9.17, 15) is 4.79 Å². The van der Waals surface area contributed by atoms with Gasteiger partial charge in [-0.1, -0.05) is 18.2 Å². The molecule has 2 saturated heterocycles. The van der Waals surface area contributed by atoms with Gasteiger partial charge in [-0.15, -0.1) is 0 Å². The molecule has 6 heteroatoms. The number of aliphatic imine (C=N–C) groups is 1. The summed E-state index contributed by atoms with van der Waals surface area (Å²) in [6.07, 6.45) is 7.29. The van der Waals surface area contributed by atoms with E-state index in [-0.39, 0.29) is 10.7 Å². The van der Waals surface area contributed by atoms with E-state index in [1.807, 2.05) is 0 Å². The Hall–Kier alpha value is -0.590. The molecule has 24 heavy (non-hydrogen) atoms. The molecule has 4 fully saturated rings. The Labute approximate surface area is 149 Å². The molecule has 4 rings (SSSR count). The molecule has 1 amide bonds. The number of nitrogens with one attached hydrogen (secondary N) is 1. The highest BCUT2D eigenvalue weighted by molar-refractivity contribution is 8.16. The number of rotatable bonds is 5. The summed E-state index contributed by atoms with van der Waals surface area (Å²) in [4.78, 5) is 19.8. The van der Waals surface area contributed by atoms with Crippen LogP contribution in [0, 0.1) is 11.8 Å². The maximum atomic E-state index is 12.5. The zero-order valence-corrected chi connectivity index (χ0v) is 15.4. The molecule has 1 N–H and O–H groups in total. The number of nitrogens with zero attached hydrogens (tertiary/aromatic N) is 2. The maximum absolute atomic E-state index is 12.5. The molecule has 4 unspecified atom stereocenters. The van der Waals surface area contributed by atoms with Crippen LogP contribution in [0.4, 0.5) is 0 Å². The fourth-order valence-corrected chi connectivity index (χ4v) is 5.87. The Balaban J connectivity index is 1.29. The van der Waals surface area contributed by atoms with Gasteiger partial charge >= 0.3 is 0 Å². The first-order chi connectivity index (χ1) is 11.6. The zero-order valence-electron chi connectivity index (χ0n) is 14.6. The number of ether oxygens (including phenoxy) is 1. The molecular weight excluding hydrogens is 322 g/mol. The largest absolute Gasteiger partial charge is 0.379 e. The molecule has 0 radical (unpaired) electrons. The Kier molecular flexibility index (Phi) is 4.89. The molecule has 2 aliphatic carbocycles. The van der Waals surface area contributed by atoms with Crippen molar-refractivity contribution in [3.05, 3.63) is 0 Å². The third kappa shape index (κ3) is 3.51. The fourth-order valence-electron chi connectivity index (χ4n) is 4.72. The highest BCUT2D eigenvalue weighted by Crippen LogP contribution is 2.47. The predicted molar refractivity (Wildman–Crippen MR) is 97.3 cm³/mol. The van der Waals surface area contributed by atoms with Crippen molar-refractivity contribution in [1.29, 1.82) is 0 Å². The smallest absolute Gasteiger partial charge is 0.242 e. The molecule has 134 valence electrons. The molecule has 0 spiro atoms. The topological polar surface area (TPSA) is 53.9 Å². The van der Waals surface area contributed by atoms with E-state index in [1.165, 1.54) is 25.7 Å². The van der Waals surface area contributed by atoms with Crippen molar-refractivity contribution in [2.45, 2.75) is 56.2 Å². The lowest BCUT2D eigenvalue weighted by Gasteiger charge is -2.27. The summed E-state index contributed by atoms with van der Waals surface area (Å²) in [7, 11) is 0.